The van der Waals surface area contributed by atoms with Crippen molar-refractivity contribution in [1.82, 2.24) is 4.98 Å². The molecule has 1 heterocycles. The zero-order valence-electron chi connectivity index (χ0n) is 7.81. The van der Waals surface area contributed by atoms with Crippen LogP contribution in [0.15, 0.2) is 34.1 Å². The van der Waals surface area contributed by atoms with Crippen LogP contribution < -0.4 is 0 Å². The van der Waals surface area contributed by atoms with Crippen molar-refractivity contribution in [3.8, 4) is 11.3 Å². The lowest BCUT2D eigenvalue weighted by atomic mass is 10.2. The summed E-state index contributed by atoms with van der Waals surface area (Å²) in [6.45, 7) is 0. The van der Waals surface area contributed by atoms with Crippen LogP contribution in [0.1, 0.15) is 5.01 Å². The number of hydrogen-bond acceptors (Lipinski definition) is 3. The summed E-state index contributed by atoms with van der Waals surface area (Å²) in [6.07, 6.45) is 1.28. The van der Waals surface area contributed by atoms with Gasteiger partial charge in [-0.05, 0) is 6.07 Å². The molecule has 0 bridgehead atoms. The standard InChI is InChI=1S/C11H8BrNOS/c12-9-4-2-1-3-8(9)10-7-15-11(13-10)5-6-14/h1-4,6-7H,5H2. The van der Waals surface area contributed by atoms with Crippen LogP contribution in [-0.2, 0) is 11.2 Å². The van der Waals surface area contributed by atoms with Gasteiger partial charge in [-0.3, -0.25) is 0 Å². The van der Waals surface area contributed by atoms with Crippen molar-refractivity contribution in [2.24, 2.45) is 0 Å². The number of hydrogen-bond donors (Lipinski definition) is 0. The Bertz CT molecular complexity index is 481. The molecule has 1 aromatic heterocycles. The topological polar surface area (TPSA) is 30.0 Å². The number of nitrogens with zero attached hydrogens (tertiary/aromatic N) is 1. The first-order valence-electron chi connectivity index (χ1n) is 4.44. The highest BCUT2D eigenvalue weighted by Gasteiger charge is 2.06. The molecule has 4 heteroatoms. The van der Waals surface area contributed by atoms with Crippen molar-refractivity contribution >= 4 is 33.6 Å². The van der Waals surface area contributed by atoms with E-state index in [0.29, 0.717) is 6.42 Å². The van der Waals surface area contributed by atoms with Crippen LogP contribution in [0.2, 0.25) is 0 Å². The van der Waals surface area contributed by atoms with Crippen LogP contribution in [0.4, 0.5) is 0 Å². The molecule has 1 aromatic carbocycles. The second-order valence-corrected chi connectivity index (χ2v) is 4.77. The minimum Gasteiger partial charge on any atom is -0.303 e. The van der Waals surface area contributed by atoms with Crippen LogP contribution >= 0.6 is 27.3 Å². The fourth-order valence-corrected chi connectivity index (χ4v) is 2.50. The van der Waals surface area contributed by atoms with Crippen molar-refractivity contribution in [3.05, 3.63) is 39.1 Å². The number of carbonyl (C=O) groups is 1. The molecule has 0 fully saturated rings. The van der Waals surface area contributed by atoms with Gasteiger partial charge in [0.05, 0.1) is 12.1 Å². The normalized spacial score (nSPS) is 10.2. The number of aldehydes is 1. The summed E-state index contributed by atoms with van der Waals surface area (Å²) in [7, 11) is 0. The third-order valence-electron chi connectivity index (χ3n) is 1.96. The first kappa shape index (κ1) is 10.5. The maximum absolute atomic E-state index is 10.3. The lowest BCUT2D eigenvalue weighted by Gasteiger charge is -1.98. The molecule has 0 unspecified atom stereocenters. The lowest BCUT2D eigenvalue weighted by molar-refractivity contribution is -0.107. The van der Waals surface area contributed by atoms with Crippen molar-refractivity contribution in [1.29, 1.82) is 0 Å². The van der Waals surface area contributed by atoms with Gasteiger partial charge in [0, 0.05) is 15.4 Å². The van der Waals surface area contributed by atoms with E-state index in [-0.39, 0.29) is 0 Å². The summed E-state index contributed by atoms with van der Waals surface area (Å²) in [5.74, 6) is 0. The van der Waals surface area contributed by atoms with E-state index in [0.717, 1.165) is 27.0 Å². The summed E-state index contributed by atoms with van der Waals surface area (Å²) >= 11 is 4.99. The van der Waals surface area contributed by atoms with Gasteiger partial charge in [-0.15, -0.1) is 11.3 Å². The Labute approximate surface area is 100 Å². The lowest BCUT2D eigenvalue weighted by Crippen LogP contribution is -1.85. The van der Waals surface area contributed by atoms with Crippen LogP contribution in [0, 0.1) is 0 Å². The largest absolute Gasteiger partial charge is 0.303 e. The summed E-state index contributed by atoms with van der Waals surface area (Å²) < 4.78 is 1.02. The molecule has 0 spiro atoms. The molecule has 0 N–H and O–H groups in total. The highest BCUT2D eigenvalue weighted by molar-refractivity contribution is 9.10. The minimum absolute atomic E-state index is 0.398. The first-order chi connectivity index (χ1) is 7.31. The molecule has 0 saturated carbocycles. The van der Waals surface area contributed by atoms with E-state index in [9.17, 15) is 4.79 Å². The number of benzene rings is 1. The molecule has 2 aromatic rings. The Hall–Kier alpha value is -1.000. The quantitative estimate of drug-likeness (QED) is 0.808. The van der Waals surface area contributed by atoms with Crippen molar-refractivity contribution in [2.45, 2.75) is 6.42 Å². The van der Waals surface area contributed by atoms with E-state index in [4.69, 9.17) is 0 Å². The number of carbonyl (C=O) groups excluding carboxylic acids is 1. The Morgan fingerprint density at radius 3 is 2.93 bits per heavy atom. The van der Waals surface area contributed by atoms with Gasteiger partial charge < -0.3 is 4.79 Å². The molecular formula is C11H8BrNOS. The van der Waals surface area contributed by atoms with E-state index in [1.807, 2.05) is 29.6 Å². The molecule has 76 valence electrons. The van der Waals surface area contributed by atoms with Crippen LogP contribution in [0.3, 0.4) is 0 Å². The van der Waals surface area contributed by atoms with Crippen LogP contribution in [0.25, 0.3) is 11.3 Å². The number of aromatic nitrogens is 1. The molecule has 0 aliphatic heterocycles. The molecule has 0 amide bonds. The third kappa shape index (κ3) is 2.33. The SMILES string of the molecule is O=CCc1nc(-c2ccccc2Br)cs1. The highest BCUT2D eigenvalue weighted by Crippen LogP contribution is 2.28. The monoisotopic (exact) mass is 281 g/mol. The van der Waals surface area contributed by atoms with Gasteiger partial charge in [0.25, 0.3) is 0 Å². The van der Waals surface area contributed by atoms with E-state index in [1.165, 1.54) is 11.3 Å². The molecule has 0 atom stereocenters. The molecule has 2 nitrogen and oxygen atoms in total. The Morgan fingerprint density at radius 2 is 2.20 bits per heavy atom. The number of halogens is 1. The van der Waals surface area contributed by atoms with Gasteiger partial charge in [-0.1, -0.05) is 34.1 Å². The zero-order valence-corrected chi connectivity index (χ0v) is 10.2. The first-order valence-corrected chi connectivity index (χ1v) is 6.11. The molecule has 0 saturated heterocycles. The van der Waals surface area contributed by atoms with E-state index in [2.05, 4.69) is 20.9 Å². The molecule has 0 radical (unpaired) electrons. The van der Waals surface area contributed by atoms with E-state index in [1.54, 1.807) is 0 Å². The Kier molecular flexibility index (Phi) is 3.28. The van der Waals surface area contributed by atoms with Gasteiger partial charge in [-0.25, -0.2) is 4.98 Å². The van der Waals surface area contributed by atoms with E-state index >= 15 is 0 Å². The predicted octanol–water partition coefficient (Wildman–Crippen LogP) is 3.31. The second kappa shape index (κ2) is 4.68. The van der Waals surface area contributed by atoms with Gasteiger partial charge in [0.15, 0.2) is 0 Å². The fraction of sp³-hybridized carbons (Fsp3) is 0.0909. The molecule has 0 aliphatic rings. The molecule has 0 aliphatic carbocycles. The predicted molar refractivity (Wildman–Crippen MR) is 65.0 cm³/mol. The van der Waals surface area contributed by atoms with Gasteiger partial charge >= 0.3 is 0 Å². The summed E-state index contributed by atoms with van der Waals surface area (Å²) in [5, 5.41) is 2.83. The summed E-state index contributed by atoms with van der Waals surface area (Å²) in [5.41, 5.74) is 1.98. The van der Waals surface area contributed by atoms with Gasteiger partial charge in [0.2, 0.25) is 0 Å². The highest BCUT2D eigenvalue weighted by atomic mass is 79.9. The summed E-state index contributed by atoms with van der Waals surface area (Å²) in [6, 6.07) is 7.92. The molecule has 15 heavy (non-hydrogen) atoms. The summed E-state index contributed by atoms with van der Waals surface area (Å²) in [4.78, 5) is 14.7. The maximum atomic E-state index is 10.3. The zero-order chi connectivity index (χ0) is 10.7. The van der Waals surface area contributed by atoms with Gasteiger partial charge in [-0.2, -0.15) is 0 Å². The molecular weight excluding hydrogens is 274 g/mol. The average molecular weight is 282 g/mol. The van der Waals surface area contributed by atoms with Crippen LogP contribution in [0.5, 0.6) is 0 Å². The number of thiazole rings is 1. The van der Waals surface area contributed by atoms with Crippen molar-refractivity contribution in [2.75, 3.05) is 0 Å². The Balaban J connectivity index is 2.37. The van der Waals surface area contributed by atoms with Crippen molar-refractivity contribution in [3.63, 3.8) is 0 Å². The third-order valence-corrected chi connectivity index (χ3v) is 3.52. The minimum atomic E-state index is 0.398. The average Bonchev–Trinajstić information content (AvgIpc) is 2.68. The van der Waals surface area contributed by atoms with Gasteiger partial charge in [0.1, 0.15) is 11.3 Å². The maximum Gasteiger partial charge on any atom is 0.126 e. The fourth-order valence-electron chi connectivity index (χ4n) is 1.27. The van der Waals surface area contributed by atoms with Crippen LogP contribution in [-0.4, -0.2) is 11.3 Å². The van der Waals surface area contributed by atoms with E-state index < -0.39 is 0 Å². The second-order valence-electron chi connectivity index (χ2n) is 2.98. The number of rotatable bonds is 3. The smallest absolute Gasteiger partial charge is 0.126 e. The van der Waals surface area contributed by atoms with Crippen molar-refractivity contribution < 1.29 is 4.79 Å². The Morgan fingerprint density at radius 1 is 1.40 bits per heavy atom. The molecule has 2 rings (SSSR count).